The molecule has 0 aliphatic heterocycles. The maximum atomic E-state index is 10.6. The zero-order valence-electron chi connectivity index (χ0n) is 31.2. The van der Waals surface area contributed by atoms with Crippen LogP contribution in [0.4, 0.5) is 0 Å². The van der Waals surface area contributed by atoms with Gasteiger partial charge in [-0.2, -0.15) is 0 Å². The Bertz CT molecular complexity index is 1340. The van der Waals surface area contributed by atoms with E-state index in [4.69, 9.17) is 0 Å². The van der Waals surface area contributed by atoms with Crippen LogP contribution in [-0.2, 0) is 0 Å². The summed E-state index contributed by atoms with van der Waals surface area (Å²) in [5.74, 6) is 0.257. The summed E-state index contributed by atoms with van der Waals surface area (Å²) in [6, 6.07) is 0. The van der Waals surface area contributed by atoms with Crippen LogP contribution in [0, 0.1) is 5.92 Å². The van der Waals surface area contributed by atoms with Crippen molar-refractivity contribution < 1.29 is 5.11 Å². The van der Waals surface area contributed by atoms with Crippen LogP contribution < -0.4 is 0 Å². The van der Waals surface area contributed by atoms with Crippen molar-refractivity contribution in [3.63, 3.8) is 0 Å². The number of aliphatic hydroxyl groups is 1. The SMILES string of the molecule is CC(C)=C/C=C/C(C)=C/C=C/C(C)=C/C=C/C(C)=C/C=C/C=C(C)/C=C/C=C(C)/C=C/C=C(\C)CC[C@H](CC=C(C)C)C(C)(C)O. The van der Waals surface area contributed by atoms with Crippen LogP contribution >= 0.6 is 0 Å². The third-order valence-corrected chi connectivity index (χ3v) is 7.21. The van der Waals surface area contributed by atoms with Crippen molar-refractivity contribution in [2.24, 2.45) is 5.92 Å². The molecule has 0 aliphatic carbocycles. The Morgan fingerprint density at radius 3 is 1.17 bits per heavy atom. The highest BCUT2D eigenvalue weighted by Crippen LogP contribution is 2.27. The quantitative estimate of drug-likeness (QED) is 0.119. The Morgan fingerprint density at radius 2 is 0.826 bits per heavy atom. The van der Waals surface area contributed by atoms with Gasteiger partial charge in [-0.25, -0.2) is 0 Å². The summed E-state index contributed by atoms with van der Waals surface area (Å²) in [4.78, 5) is 0. The average Bonchev–Trinajstić information content (AvgIpc) is 2.94. The van der Waals surface area contributed by atoms with E-state index in [1.54, 1.807) is 0 Å². The molecule has 0 aromatic carbocycles. The van der Waals surface area contributed by atoms with E-state index >= 15 is 0 Å². The monoisotopic (exact) mass is 620 g/mol. The molecule has 0 amide bonds. The first-order valence-corrected chi connectivity index (χ1v) is 16.7. The second kappa shape index (κ2) is 24.5. The van der Waals surface area contributed by atoms with Gasteiger partial charge in [-0.3, -0.25) is 0 Å². The van der Waals surface area contributed by atoms with Crippen LogP contribution in [0.1, 0.15) is 102 Å². The lowest BCUT2D eigenvalue weighted by molar-refractivity contribution is 0.0145. The summed E-state index contributed by atoms with van der Waals surface area (Å²) in [6.07, 6.45) is 45.3. The molecule has 1 atom stereocenters. The van der Waals surface area contributed by atoms with Crippen LogP contribution in [-0.4, -0.2) is 10.7 Å². The average molecular weight is 621 g/mol. The van der Waals surface area contributed by atoms with Crippen molar-refractivity contribution in [3.05, 3.63) is 166 Å². The normalized spacial score (nSPS) is 15.9. The molecule has 1 N–H and O–H groups in total. The van der Waals surface area contributed by atoms with Crippen molar-refractivity contribution in [3.8, 4) is 0 Å². The maximum absolute atomic E-state index is 10.6. The van der Waals surface area contributed by atoms with Crippen molar-refractivity contribution >= 4 is 0 Å². The fourth-order valence-corrected chi connectivity index (χ4v) is 4.13. The molecule has 0 spiro atoms. The Balaban J connectivity index is 4.88. The van der Waals surface area contributed by atoms with Gasteiger partial charge in [0.2, 0.25) is 0 Å². The van der Waals surface area contributed by atoms with Gasteiger partial charge in [-0.1, -0.05) is 166 Å². The minimum Gasteiger partial charge on any atom is -0.390 e. The maximum Gasteiger partial charge on any atom is 0.0622 e. The second-order valence-corrected chi connectivity index (χ2v) is 13.4. The summed E-state index contributed by atoms with van der Waals surface area (Å²) >= 11 is 0. The summed E-state index contributed by atoms with van der Waals surface area (Å²) in [5, 5.41) is 10.6. The van der Waals surface area contributed by atoms with E-state index in [-0.39, 0.29) is 5.92 Å². The van der Waals surface area contributed by atoms with Crippen LogP contribution in [0.3, 0.4) is 0 Å². The van der Waals surface area contributed by atoms with E-state index in [0.29, 0.717) is 0 Å². The first-order chi connectivity index (χ1) is 21.6. The highest BCUT2D eigenvalue weighted by molar-refractivity contribution is 5.33. The lowest BCUT2D eigenvalue weighted by Gasteiger charge is -2.29. The van der Waals surface area contributed by atoms with Crippen LogP contribution in [0.25, 0.3) is 0 Å². The minimum atomic E-state index is -0.667. The van der Waals surface area contributed by atoms with Crippen LogP contribution in [0.5, 0.6) is 0 Å². The summed E-state index contributed by atoms with van der Waals surface area (Å²) in [5.41, 5.74) is 9.28. The summed E-state index contributed by atoms with van der Waals surface area (Å²) in [6.45, 7) is 25.0. The van der Waals surface area contributed by atoms with E-state index in [9.17, 15) is 5.11 Å². The molecule has 1 heteroatoms. The molecule has 0 aromatic heterocycles. The summed E-state index contributed by atoms with van der Waals surface area (Å²) < 4.78 is 0. The van der Waals surface area contributed by atoms with Crippen molar-refractivity contribution in [1.29, 1.82) is 0 Å². The molecule has 0 saturated carbocycles. The first kappa shape index (κ1) is 42.3. The molecule has 0 aliphatic rings. The third kappa shape index (κ3) is 25.6. The fourth-order valence-electron chi connectivity index (χ4n) is 4.13. The molecule has 0 bridgehead atoms. The number of hydrogen-bond acceptors (Lipinski definition) is 1. The van der Waals surface area contributed by atoms with Crippen molar-refractivity contribution in [2.45, 2.75) is 108 Å². The van der Waals surface area contributed by atoms with Gasteiger partial charge in [0.15, 0.2) is 0 Å². The standard InChI is InChI=1S/C45H64O/c1-36(2)20-15-23-40(7)26-18-29-41(8)27-16-24-38(5)21-13-14-22-39(6)25-17-28-42(9)30-19-31-43(10)33-35-44(45(11,12)46)34-32-37(3)4/h13-32,44,46H,33-35H2,1-12H3/b14-13+,23-15+,24-16+,25-17+,29-18+,30-19+,38-21+,39-22+,40-26+,41-27+,42-28+,43-31+/t44-/m0/s1. The minimum absolute atomic E-state index is 0.257. The first-order valence-electron chi connectivity index (χ1n) is 16.7. The molecule has 0 fully saturated rings. The molecule has 0 radical (unpaired) electrons. The van der Waals surface area contributed by atoms with Gasteiger partial charge in [0.05, 0.1) is 5.60 Å². The molecular formula is C45H64O. The van der Waals surface area contributed by atoms with Crippen molar-refractivity contribution in [2.75, 3.05) is 0 Å². The largest absolute Gasteiger partial charge is 0.390 e. The topological polar surface area (TPSA) is 20.2 Å². The van der Waals surface area contributed by atoms with Gasteiger partial charge in [0.1, 0.15) is 0 Å². The smallest absolute Gasteiger partial charge is 0.0622 e. The molecule has 0 heterocycles. The highest BCUT2D eigenvalue weighted by Gasteiger charge is 2.25. The second-order valence-electron chi connectivity index (χ2n) is 13.4. The van der Waals surface area contributed by atoms with Crippen LogP contribution in [0.15, 0.2) is 166 Å². The Morgan fingerprint density at radius 1 is 0.478 bits per heavy atom. The number of allylic oxidation sites excluding steroid dienone is 28. The Labute approximate surface area is 284 Å². The van der Waals surface area contributed by atoms with E-state index in [1.807, 2.05) is 13.8 Å². The molecular weight excluding hydrogens is 556 g/mol. The van der Waals surface area contributed by atoms with Gasteiger partial charge < -0.3 is 5.11 Å². The van der Waals surface area contributed by atoms with Crippen molar-refractivity contribution in [1.82, 2.24) is 0 Å². The molecule has 0 aromatic rings. The van der Waals surface area contributed by atoms with Gasteiger partial charge in [-0.15, -0.1) is 0 Å². The van der Waals surface area contributed by atoms with Gasteiger partial charge in [0, 0.05) is 0 Å². The predicted octanol–water partition coefficient (Wildman–Crippen LogP) is 13.5. The Hall–Kier alpha value is -3.68. The Kier molecular flexibility index (Phi) is 22.6. The van der Waals surface area contributed by atoms with E-state index in [1.165, 1.54) is 44.6 Å². The molecule has 250 valence electrons. The molecule has 1 nitrogen and oxygen atoms in total. The van der Waals surface area contributed by atoms with Gasteiger partial charge in [-0.05, 0) is 108 Å². The van der Waals surface area contributed by atoms with Gasteiger partial charge >= 0.3 is 0 Å². The zero-order chi connectivity index (χ0) is 35.0. The lowest BCUT2D eigenvalue weighted by Crippen LogP contribution is -2.30. The predicted molar refractivity (Wildman–Crippen MR) is 210 cm³/mol. The molecule has 0 unspecified atom stereocenters. The molecule has 0 saturated heterocycles. The highest BCUT2D eigenvalue weighted by atomic mass is 16.3. The van der Waals surface area contributed by atoms with E-state index in [0.717, 1.165) is 19.3 Å². The van der Waals surface area contributed by atoms with E-state index < -0.39 is 5.60 Å². The molecule has 0 rings (SSSR count). The van der Waals surface area contributed by atoms with Crippen LogP contribution in [0.2, 0.25) is 0 Å². The lowest BCUT2D eigenvalue weighted by atomic mass is 9.83. The van der Waals surface area contributed by atoms with Gasteiger partial charge in [0.25, 0.3) is 0 Å². The zero-order valence-corrected chi connectivity index (χ0v) is 31.2. The molecule has 46 heavy (non-hydrogen) atoms. The number of hydrogen-bond donors (Lipinski definition) is 1. The van der Waals surface area contributed by atoms with E-state index in [2.05, 4.69) is 191 Å². The number of rotatable bonds is 18. The third-order valence-electron chi connectivity index (χ3n) is 7.21. The fraction of sp³-hybridized carbons (Fsp3) is 0.378. The summed E-state index contributed by atoms with van der Waals surface area (Å²) in [7, 11) is 0.